The molecular formula is C40H52F2N2. The maximum absolute atomic E-state index is 13.9. The molecule has 0 bridgehead atoms. The van der Waals surface area contributed by atoms with Crippen molar-refractivity contribution in [3.05, 3.63) is 93.6 Å². The maximum Gasteiger partial charge on any atom is 0.123 e. The predicted octanol–water partition coefficient (Wildman–Crippen LogP) is 11.9. The van der Waals surface area contributed by atoms with Crippen LogP contribution in [0.2, 0.25) is 0 Å². The fourth-order valence-corrected chi connectivity index (χ4v) is 7.73. The molecule has 2 aromatic rings. The first-order valence-electron chi connectivity index (χ1n) is 17.0. The normalized spacial score (nSPS) is 22.9. The Balaban J connectivity index is 0.000000175. The fraction of sp³-hybridized carbons (Fsp3) is 0.500. The lowest BCUT2D eigenvalue weighted by molar-refractivity contribution is 0.462. The van der Waals surface area contributed by atoms with Gasteiger partial charge in [-0.05, 0) is 124 Å². The third kappa shape index (κ3) is 7.38. The van der Waals surface area contributed by atoms with E-state index in [2.05, 4.69) is 64.3 Å². The number of nitrogens with one attached hydrogen (secondary N) is 2. The van der Waals surface area contributed by atoms with Gasteiger partial charge < -0.3 is 10.6 Å². The Morgan fingerprint density at radius 2 is 0.909 bits per heavy atom. The van der Waals surface area contributed by atoms with Crippen LogP contribution in [-0.4, -0.2) is 12.1 Å². The smallest absolute Gasteiger partial charge is 0.123 e. The van der Waals surface area contributed by atoms with Crippen LogP contribution in [0, 0.1) is 23.5 Å². The molecule has 2 nitrogen and oxygen atoms in total. The molecule has 2 fully saturated rings. The van der Waals surface area contributed by atoms with E-state index in [0.29, 0.717) is 23.9 Å². The summed E-state index contributed by atoms with van der Waals surface area (Å²) in [5, 5.41) is 7.36. The topological polar surface area (TPSA) is 24.1 Å². The van der Waals surface area contributed by atoms with Gasteiger partial charge in [-0.15, -0.1) is 0 Å². The molecule has 2 unspecified atom stereocenters. The molecule has 44 heavy (non-hydrogen) atoms. The highest BCUT2D eigenvalue weighted by Crippen LogP contribution is 2.42. The summed E-state index contributed by atoms with van der Waals surface area (Å²) in [6.45, 7) is 13.0. The van der Waals surface area contributed by atoms with Crippen LogP contribution in [0.25, 0.3) is 11.1 Å². The molecule has 2 saturated carbocycles. The summed E-state index contributed by atoms with van der Waals surface area (Å²) >= 11 is 0. The molecule has 0 aliphatic heterocycles. The first-order valence-corrected chi connectivity index (χ1v) is 17.0. The van der Waals surface area contributed by atoms with Crippen LogP contribution in [0.3, 0.4) is 0 Å². The third-order valence-electron chi connectivity index (χ3n) is 10.4. The minimum Gasteiger partial charge on any atom is -0.382 e. The second-order valence-corrected chi connectivity index (χ2v) is 13.7. The van der Waals surface area contributed by atoms with Crippen LogP contribution < -0.4 is 10.6 Å². The lowest BCUT2D eigenvalue weighted by Gasteiger charge is -2.26. The molecule has 6 rings (SSSR count). The molecular weight excluding hydrogens is 546 g/mol. The van der Waals surface area contributed by atoms with Gasteiger partial charge in [-0.1, -0.05) is 75.7 Å². The molecule has 2 atom stereocenters. The zero-order valence-corrected chi connectivity index (χ0v) is 27.8. The van der Waals surface area contributed by atoms with E-state index in [4.69, 9.17) is 0 Å². The second kappa shape index (κ2) is 14.3. The van der Waals surface area contributed by atoms with Crippen molar-refractivity contribution in [3.63, 3.8) is 0 Å². The van der Waals surface area contributed by atoms with Crippen LogP contribution in [0.15, 0.2) is 70.8 Å². The molecule has 2 aromatic carbocycles. The Labute approximate surface area is 264 Å². The predicted molar refractivity (Wildman–Crippen MR) is 185 cm³/mol. The molecule has 0 saturated heterocycles. The van der Waals surface area contributed by atoms with Crippen molar-refractivity contribution < 1.29 is 8.78 Å². The Kier molecular flexibility index (Phi) is 10.5. The Morgan fingerprint density at radius 3 is 1.23 bits per heavy atom. The summed E-state index contributed by atoms with van der Waals surface area (Å²) in [5.74, 6) is 0.579. The number of rotatable bonds is 6. The van der Waals surface area contributed by atoms with Gasteiger partial charge in [0.15, 0.2) is 0 Å². The number of hydrogen-bond acceptors (Lipinski definition) is 2. The van der Waals surface area contributed by atoms with Crippen molar-refractivity contribution in [2.45, 2.75) is 118 Å². The Hall–Kier alpha value is -3.14. The number of anilines is 2. The molecule has 0 spiro atoms. The van der Waals surface area contributed by atoms with Crippen molar-refractivity contribution in [2.75, 3.05) is 10.6 Å². The molecule has 236 valence electrons. The van der Waals surface area contributed by atoms with Crippen LogP contribution >= 0.6 is 0 Å². The zero-order valence-electron chi connectivity index (χ0n) is 27.8. The first kappa shape index (κ1) is 32.3. The van der Waals surface area contributed by atoms with E-state index in [0.717, 1.165) is 22.5 Å². The molecule has 4 heteroatoms. The van der Waals surface area contributed by atoms with E-state index >= 15 is 0 Å². The van der Waals surface area contributed by atoms with Gasteiger partial charge in [0.1, 0.15) is 11.6 Å². The van der Waals surface area contributed by atoms with Crippen LogP contribution in [0.1, 0.15) is 117 Å². The largest absolute Gasteiger partial charge is 0.382 e. The van der Waals surface area contributed by atoms with Crippen molar-refractivity contribution in [1.82, 2.24) is 0 Å². The van der Waals surface area contributed by atoms with Crippen molar-refractivity contribution >= 4 is 22.5 Å². The van der Waals surface area contributed by atoms with E-state index in [1.165, 1.54) is 97.6 Å². The summed E-state index contributed by atoms with van der Waals surface area (Å²) in [5.41, 5.74) is 11.9. The number of halogens is 2. The van der Waals surface area contributed by atoms with E-state index in [1.807, 2.05) is 12.1 Å². The van der Waals surface area contributed by atoms with Crippen molar-refractivity contribution in [3.8, 4) is 0 Å². The second-order valence-electron chi connectivity index (χ2n) is 13.7. The summed E-state index contributed by atoms with van der Waals surface area (Å²) < 4.78 is 27.7. The minimum atomic E-state index is -0.156. The quantitative estimate of drug-likeness (QED) is 0.346. The first-order chi connectivity index (χ1) is 21.1. The number of benzene rings is 2. The standard InChI is InChI=1S/2C20H26FN/c2*1-13-11-14(2)20(15(13)3)18-12-16(21)9-10-19(18)22-17-7-5-4-6-8-17/h2*9-13,17,22H,4-8H2,1-3H3. The van der Waals surface area contributed by atoms with E-state index in [1.54, 1.807) is 24.3 Å². The van der Waals surface area contributed by atoms with Crippen molar-refractivity contribution in [1.29, 1.82) is 0 Å². The van der Waals surface area contributed by atoms with E-state index < -0.39 is 0 Å². The van der Waals surface area contributed by atoms with Gasteiger partial charge in [-0.25, -0.2) is 8.78 Å². The third-order valence-corrected chi connectivity index (χ3v) is 10.4. The monoisotopic (exact) mass is 598 g/mol. The zero-order chi connectivity index (χ0) is 31.4. The molecule has 4 aliphatic carbocycles. The fourth-order valence-electron chi connectivity index (χ4n) is 7.73. The van der Waals surface area contributed by atoms with Gasteiger partial charge in [-0.2, -0.15) is 0 Å². The Bertz CT molecular complexity index is 1350. The highest BCUT2D eigenvalue weighted by atomic mass is 19.1. The van der Waals surface area contributed by atoms with Gasteiger partial charge in [-0.3, -0.25) is 0 Å². The van der Waals surface area contributed by atoms with Crippen LogP contribution in [0.4, 0.5) is 20.2 Å². The Morgan fingerprint density at radius 1 is 0.545 bits per heavy atom. The number of hydrogen-bond donors (Lipinski definition) is 2. The summed E-state index contributed by atoms with van der Waals surface area (Å²) in [6.07, 6.45) is 17.3. The molecule has 0 heterocycles. The lowest BCUT2D eigenvalue weighted by atomic mass is 9.92. The molecule has 4 aliphatic rings. The number of allylic oxidation sites excluding steroid dienone is 8. The van der Waals surface area contributed by atoms with E-state index in [-0.39, 0.29) is 11.6 Å². The summed E-state index contributed by atoms with van der Waals surface area (Å²) in [4.78, 5) is 0. The maximum atomic E-state index is 13.9. The SMILES string of the molecule is CC1=CC(C)C(C)=C1c1cc(F)ccc1NC1CCCCC1.CC1=CC(C)C(C)=C1c1cc(F)ccc1NC1CCCCC1. The summed E-state index contributed by atoms with van der Waals surface area (Å²) in [7, 11) is 0. The lowest BCUT2D eigenvalue weighted by Crippen LogP contribution is -2.23. The van der Waals surface area contributed by atoms with E-state index in [9.17, 15) is 8.78 Å². The van der Waals surface area contributed by atoms with Gasteiger partial charge in [0.05, 0.1) is 0 Å². The molecule has 0 radical (unpaired) electrons. The van der Waals surface area contributed by atoms with Crippen LogP contribution in [0.5, 0.6) is 0 Å². The van der Waals surface area contributed by atoms with Gasteiger partial charge in [0.2, 0.25) is 0 Å². The highest BCUT2D eigenvalue weighted by molar-refractivity contribution is 5.90. The average Bonchev–Trinajstić information content (AvgIpc) is 3.42. The molecule has 0 aromatic heterocycles. The van der Waals surface area contributed by atoms with Gasteiger partial charge in [0.25, 0.3) is 0 Å². The minimum absolute atomic E-state index is 0.156. The molecule has 0 amide bonds. The average molecular weight is 599 g/mol. The van der Waals surface area contributed by atoms with Gasteiger partial charge >= 0.3 is 0 Å². The van der Waals surface area contributed by atoms with Gasteiger partial charge in [0, 0.05) is 34.6 Å². The van der Waals surface area contributed by atoms with Crippen LogP contribution in [-0.2, 0) is 0 Å². The van der Waals surface area contributed by atoms with Crippen molar-refractivity contribution in [2.24, 2.45) is 11.8 Å². The summed E-state index contributed by atoms with van der Waals surface area (Å²) in [6, 6.07) is 11.4. The highest BCUT2D eigenvalue weighted by Gasteiger charge is 2.24. The molecule has 2 N–H and O–H groups in total.